The molecule has 6 heteroatoms. The number of anilines is 2. The molecule has 4 nitrogen and oxygen atoms in total. The summed E-state index contributed by atoms with van der Waals surface area (Å²) in [5, 5.41) is 4.10. The molecular weight excluding hydrogens is 259 g/mol. The number of benzene rings is 1. The fourth-order valence-corrected chi connectivity index (χ4v) is 1.59. The van der Waals surface area contributed by atoms with Crippen molar-refractivity contribution in [2.75, 3.05) is 5.32 Å². The molecule has 0 saturated heterocycles. The van der Waals surface area contributed by atoms with Gasteiger partial charge in [-0.1, -0.05) is 23.2 Å². The van der Waals surface area contributed by atoms with E-state index < -0.39 is 0 Å². The number of hydrogen-bond donors (Lipinski definition) is 2. The summed E-state index contributed by atoms with van der Waals surface area (Å²) in [6, 6.07) is 7.02. The van der Waals surface area contributed by atoms with E-state index >= 15 is 0 Å². The minimum Gasteiger partial charge on any atom is -0.340 e. The summed E-state index contributed by atoms with van der Waals surface area (Å²) < 4.78 is 0. The van der Waals surface area contributed by atoms with Crippen molar-refractivity contribution in [1.29, 1.82) is 0 Å². The fraction of sp³-hybridized carbons (Fsp3) is 0.0909. The Labute approximate surface area is 109 Å². The molecule has 1 aromatic heterocycles. The van der Waals surface area contributed by atoms with Crippen LogP contribution in [0.4, 0.5) is 11.5 Å². The second-order valence-electron chi connectivity index (χ2n) is 3.32. The summed E-state index contributed by atoms with van der Waals surface area (Å²) in [7, 11) is 0. The quantitative estimate of drug-likeness (QED) is 0.899. The maximum atomic E-state index is 5.91. The van der Waals surface area contributed by atoms with E-state index in [9.17, 15) is 0 Å². The lowest BCUT2D eigenvalue weighted by Crippen LogP contribution is -2.04. The van der Waals surface area contributed by atoms with Crippen LogP contribution in [0.15, 0.2) is 30.5 Å². The molecule has 88 valence electrons. The molecule has 0 aliphatic heterocycles. The zero-order valence-electron chi connectivity index (χ0n) is 8.82. The van der Waals surface area contributed by atoms with Crippen LogP contribution in [0.2, 0.25) is 10.0 Å². The predicted molar refractivity (Wildman–Crippen MR) is 69.7 cm³/mol. The Kier molecular flexibility index (Phi) is 3.78. The monoisotopic (exact) mass is 268 g/mol. The van der Waals surface area contributed by atoms with Gasteiger partial charge in [-0.3, -0.25) is 0 Å². The van der Waals surface area contributed by atoms with Gasteiger partial charge in [-0.2, -0.15) is 0 Å². The van der Waals surface area contributed by atoms with Crippen LogP contribution in [0.3, 0.4) is 0 Å². The van der Waals surface area contributed by atoms with Crippen LogP contribution in [0.25, 0.3) is 0 Å². The molecule has 0 amide bonds. The van der Waals surface area contributed by atoms with E-state index in [4.69, 9.17) is 28.9 Å². The van der Waals surface area contributed by atoms with E-state index in [0.29, 0.717) is 28.2 Å². The van der Waals surface area contributed by atoms with Crippen molar-refractivity contribution < 1.29 is 0 Å². The highest BCUT2D eigenvalue weighted by Gasteiger charge is 2.01. The third-order valence-corrected chi connectivity index (χ3v) is 2.82. The van der Waals surface area contributed by atoms with Crippen LogP contribution < -0.4 is 11.1 Å². The van der Waals surface area contributed by atoms with Gasteiger partial charge in [-0.15, -0.1) is 0 Å². The van der Waals surface area contributed by atoms with E-state index in [1.165, 1.54) is 0 Å². The zero-order chi connectivity index (χ0) is 12.3. The lowest BCUT2D eigenvalue weighted by molar-refractivity contribution is 0.912. The maximum Gasteiger partial charge on any atom is 0.144 e. The molecule has 0 saturated carbocycles. The number of nitrogens with one attached hydrogen (secondary N) is 1. The van der Waals surface area contributed by atoms with Crippen molar-refractivity contribution in [1.82, 2.24) is 9.97 Å². The number of aromatic nitrogens is 2. The molecule has 0 bridgehead atoms. The second-order valence-corrected chi connectivity index (χ2v) is 4.13. The fourth-order valence-electron chi connectivity index (χ4n) is 1.29. The Bertz CT molecular complexity index is 531. The van der Waals surface area contributed by atoms with E-state index in [1.807, 2.05) is 6.07 Å². The molecule has 0 unspecified atom stereocenters. The highest BCUT2D eigenvalue weighted by Crippen LogP contribution is 2.26. The van der Waals surface area contributed by atoms with Gasteiger partial charge in [0.25, 0.3) is 0 Å². The molecule has 0 aliphatic carbocycles. The van der Waals surface area contributed by atoms with Crippen molar-refractivity contribution in [2.24, 2.45) is 5.73 Å². The van der Waals surface area contributed by atoms with Gasteiger partial charge in [0, 0.05) is 11.9 Å². The Morgan fingerprint density at radius 3 is 2.71 bits per heavy atom. The number of halogens is 2. The molecule has 1 aromatic carbocycles. The molecular formula is C11H10Cl2N4. The molecule has 0 atom stereocenters. The largest absolute Gasteiger partial charge is 0.340 e. The van der Waals surface area contributed by atoms with Gasteiger partial charge in [-0.05, 0) is 24.3 Å². The predicted octanol–water partition coefficient (Wildman–Crippen LogP) is 2.99. The smallest absolute Gasteiger partial charge is 0.144 e. The first-order valence-electron chi connectivity index (χ1n) is 4.93. The molecule has 1 heterocycles. The van der Waals surface area contributed by atoms with Crippen LogP contribution in [0, 0.1) is 0 Å². The lowest BCUT2D eigenvalue weighted by Gasteiger charge is -2.07. The summed E-state index contributed by atoms with van der Waals surface area (Å²) in [5.41, 5.74) is 6.27. The van der Waals surface area contributed by atoms with Crippen LogP contribution in [-0.2, 0) is 6.54 Å². The average molecular weight is 269 g/mol. The van der Waals surface area contributed by atoms with Crippen molar-refractivity contribution >= 4 is 34.7 Å². The Morgan fingerprint density at radius 1 is 1.18 bits per heavy atom. The van der Waals surface area contributed by atoms with Crippen molar-refractivity contribution in [2.45, 2.75) is 6.54 Å². The van der Waals surface area contributed by atoms with Crippen molar-refractivity contribution in [3.63, 3.8) is 0 Å². The lowest BCUT2D eigenvalue weighted by atomic mass is 10.3. The first kappa shape index (κ1) is 12.1. The molecule has 0 radical (unpaired) electrons. The SMILES string of the molecule is NCc1nccc(Nc2ccc(Cl)c(Cl)c2)n1. The topological polar surface area (TPSA) is 63.8 Å². The van der Waals surface area contributed by atoms with Crippen molar-refractivity contribution in [3.8, 4) is 0 Å². The summed E-state index contributed by atoms with van der Waals surface area (Å²) in [4.78, 5) is 8.22. The molecule has 0 aliphatic rings. The molecule has 2 aromatic rings. The molecule has 3 N–H and O–H groups in total. The summed E-state index contributed by atoms with van der Waals surface area (Å²) in [6.45, 7) is 0.302. The normalized spacial score (nSPS) is 10.3. The van der Waals surface area contributed by atoms with Gasteiger partial charge in [0.1, 0.15) is 11.6 Å². The molecule has 17 heavy (non-hydrogen) atoms. The first-order chi connectivity index (χ1) is 8.19. The summed E-state index contributed by atoms with van der Waals surface area (Å²) >= 11 is 11.7. The van der Waals surface area contributed by atoms with Gasteiger partial charge in [0.15, 0.2) is 0 Å². The number of nitrogens with two attached hydrogens (primary N) is 1. The van der Waals surface area contributed by atoms with E-state index in [1.54, 1.807) is 24.4 Å². The number of hydrogen-bond acceptors (Lipinski definition) is 4. The zero-order valence-corrected chi connectivity index (χ0v) is 10.3. The highest BCUT2D eigenvalue weighted by atomic mass is 35.5. The minimum absolute atomic E-state index is 0.302. The third-order valence-electron chi connectivity index (χ3n) is 2.08. The second kappa shape index (κ2) is 5.31. The highest BCUT2D eigenvalue weighted by molar-refractivity contribution is 6.42. The van der Waals surface area contributed by atoms with Gasteiger partial charge in [0.05, 0.1) is 16.6 Å². The van der Waals surface area contributed by atoms with Gasteiger partial charge in [-0.25, -0.2) is 9.97 Å². The van der Waals surface area contributed by atoms with Gasteiger partial charge in [0.2, 0.25) is 0 Å². The number of nitrogens with zero attached hydrogens (tertiary/aromatic N) is 2. The van der Waals surface area contributed by atoms with E-state index in [0.717, 1.165) is 5.69 Å². The Morgan fingerprint density at radius 2 is 2.00 bits per heavy atom. The van der Waals surface area contributed by atoms with Crippen LogP contribution in [0.5, 0.6) is 0 Å². The molecule has 0 fully saturated rings. The maximum absolute atomic E-state index is 5.91. The Balaban J connectivity index is 2.22. The van der Waals surface area contributed by atoms with Crippen LogP contribution >= 0.6 is 23.2 Å². The standard InChI is InChI=1S/C11H10Cl2N4/c12-8-2-1-7(5-9(8)13)16-10-3-4-15-11(6-14)17-10/h1-5H,6,14H2,(H,15,16,17). The Hall–Kier alpha value is -1.36. The van der Waals surface area contributed by atoms with Crippen LogP contribution in [0.1, 0.15) is 5.82 Å². The first-order valence-corrected chi connectivity index (χ1v) is 5.68. The van der Waals surface area contributed by atoms with Gasteiger partial charge >= 0.3 is 0 Å². The third kappa shape index (κ3) is 3.06. The van der Waals surface area contributed by atoms with Gasteiger partial charge < -0.3 is 11.1 Å². The number of rotatable bonds is 3. The van der Waals surface area contributed by atoms with Crippen molar-refractivity contribution in [3.05, 3.63) is 46.3 Å². The minimum atomic E-state index is 0.302. The van der Waals surface area contributed by atoms with E-state index in [2.05, 4.69) is 15.3 Å². The summed E-state index contributed by atoms with van der Waals surface area (Å²) in [5.74, 6) is 1.24. The van der Waals surface area contributed by atoms with E-state index in [-0.39, 0.29) is 0 Å². The summed E-state index contributed by atoms with van der Waals surface area (Å²) in [6.07, 6.45) is 1.65. The molecule has 0 spiro atoms. The average Bonchev–Trinajstić information content (AvgIpc) is 2.34. The van der Waals surface area contributed by atoms with Crippen LogP contribution in [-0.4, -0.2) is 9.97 Å². The molecule has 2 rings (SSSR count).